The van der Waals surface area contributed by atoms with Crippen molar-refractivity contribution < 1.29 is 9.18 Å². The van der Waals surface area contributed by atoms with Crippen molar-refractivity contribution in [2.75, 3.05) is 11.1 Å². The van der Waals surface area contributed by atoms with Crippen molar-refractivity contribution in [3.63, 3.8) is 0 Å². The normalized spacial score (nSPS) is 12.9. The number of rotatable bonds is 3. The Morgan fingerprint density at radius 1 is 1.23 bits per heavy atom. The first-order chi connectivity index (χ1) is 14.9. The van der Waals surface area contributed by atoms with Crippen LogP contribution in [0.5, 0.6) is 0 Å². The Morgan fingerprint density at radius 2 is 2.00 bits per heavy atom. The van der Waals surface area contributed by atoms with Gasteiger partial charge in [0, 0.05) is 33.6 Å². The molecule has 0 saturated heterocycles. The van der Waals surface area contributed by atoms with Gasteiger partial charge < -0.3 is 21.7 Å². The number of nitrogen functional groups attached to an aromatic ring is 1. The van der Waals surface area contributed by atoms with Crippen LogP contribution in [0.25, 0.3) is 20.7 Å². The molecule has 1 amide bonds. The third-order valence-corrected chi connectivity index (χ3v) is 7.49. The van der Waals surface area contributed by atoms with E-state index in [4.69, 9.17) is 28.7 Å². The monoisotopic (exact) mass is 469 g/mol. The smallest absolute Gasteiger partial charge is 0.260 e. The van der Waals surface area contributed by atoms with Gasteiger partial charge in [-0.2, -0.15) is 0 Å². The summed E-state index contributed by atoms with van der Waals surface area (Å²) in [6, 6.07) is 10.0. The highest BCUT2D eigenvalue weighted by Gasteiger charge is 2.30. The summed E-state index contributed by atoms with van der Waals surface area (Å²) in [6.07, 6.45) is 0. The van der Waals surface area contributed by atoms with E-state index in [1.165, 1.54) is 23.5 Å². The SMILES string of the molecule is NC(=O)c1sc2nc3c(c(-c4cccs4)c2c1N)CN(C(=S)Nc1ccc(F)cc1)C3. The Hall–Kier alpha value is -3.08. The second-order valence-corrected chi connectivity index (χ2v) is 9.41. The summed E-state index contributed by atoms with van der Waals surface area (Å²) < 4.78 is 13.2. The first kappa shape index (κ1) is 19.9. The number of amides is 1. The van der Waals surface area contributed by atoms with Crippen molar-refractivity contribution in [3.8, 4) is 10.4 Å². The standard InChI is InChI=1S/C21H16FN5OS3/c22-10-3-5-11(6-4-10)25-21(29)27-8-12-13(9-27)26-20-16(15(12)14-2-1-7-30-14)17(23)18(31-20)19(24)28/h1-7H,8-9,23H2,(H2,24,28)(H,25,29). The maximum absolute atomic E-state index is 13.2. The summed E-state index contributed by atoms with van der Waals surface area (Å²) in [5, 5.41) is 6.44. The lowest BCUT2D eigenvalue weighted by Crippen LogP contribution is -2.30. The highest BCUT2D eigenvalue weighted by molar-refractivity contribution is 7.80. The first-order valence-electron chi connectivity index (χ1n) is 9.31. The Morgan fingerprint density at radius 3 is 2.68 bits per heavy atom. The van der Waals surface area contributed by atoms with Crippen molar-refractivity contribution in [2.45, 2.75) is 13.1 Å². The number of nitrogens with zero attached hydrogens (tertiary/aromatic N) is 2. The van der Waals surface area contributed by atoms with Gasteiger partial charge in [-0.25, -0.2) is 9.37 Å². The van der Waals surface area contributed by atoms with E-state index >= 15 is 0 Å². The van der Waals surface area contributed by atoms with E-state index in [2.05, 4.69) is 5.32 Å². The number of pyridine rings is 1. The summed E-state index contributed by atoms with van der Waals surface area (Å²) in [6.45, 7) is 1.06. The Labute approximate surface area is 190 Å². The number of thiophene rings is 2. The van der Waals surface area contributed by atoms with Crippen molar-refractivity contribution in [1.82, 2.24) is 9.88 Å². The summed E-state index contributed by atoms with van der Waals surface area (Å²) >= 11 is 8.41. The molecule has 1 aliphatic rings. The van der Waals surface area contributed by atoms with E-state index in [0.29, 0.717) is 39.3 Å². The van der Waals surface area contributed by atoms with Gasteiger partial charge in [-0.3, -0.25) is 4.79 Å². The molecule has 4 aromatic rings. The minimum Gasteiger partial charge on any atom is -0.397 e. The molecule has 3 aromatic heterocycles. The molecular weight excluding hydrogens is 453 g/mol. The molecule has 0 aliphatic carbocycles. The molecule has 0 spiro atoms. The molecule has 0 saturated carbocycles. The minimum atomic E-state index is -0.552. The number of nitrogens with one attached hydrogen (secondary N) is 1. The number of benzene rings is 1. The quantitative estimate of drug-likeness (QED) is 0.381. The van der Waals surface area contributed by atoms with Crippen LogP contribution < -0.4 is 16.8 Å². The molecule has 0 bridgehead atoms. The molecule has 6 nitrogen and oxygen atoms in total. The van der Waals surface area contributed by atoms with Crippen molar-refractivity contribution in [1.29, 1.82) is 0 Å². The van der Waals surface area contributed by atoms with Crippen LogP contribution in [-0.2, 0) is 13.1 Å². The number of hydrogen-bond acceptors (Lipinski definition) is 6. The number of carbonyl (C=O) groups is 1. The summed E-state index contributed by atoms with van der Waals surface area (Å²) in [7, 11) is 0. The number of carbonyl (C=O) groups excluding carboxylic acids is 1. The zero-order valence-corrected chi connectivity index (χ0v) is 18.5. The second-order valence-electron chi connectivity index (χ2n) is 7.07. The number of primary amides is 1. The highest BCUT2D eigenvalue weighted by atomic mass is 32.1. The van der Waals surface area contributed by atoms with Crippen LogP contribution in [0.15, 0.2) is 41.8 Å². The maximum Gasteiger partial charge on any atom is 0.260 e. The van der Waals surface area contributed by atoms with Gasteiger partial charge in [0.25, 0.3) is 5.91 Å². The van der Waals surface area contributed by atoms with E-state index in [0.717, 1.165) is 27.1 Å². The van der Waals surface area contributed by atoms with Crippen LogP contribution in [0, 0.1) is 5.82 Å². The Balaban J connectivity index is 1.56. The zero-order valence-electron chi connectivity index (χ0n) is 16.0. The molecule has 1 aliphatic heterocycles. The highest BCUT2D eigenvalue weighted by Crippen LogP contribution is 2.45. The Kier molecular flexibility index (Phi) is 4.84. The van der Waals surface area contributed by atoms with Crippen molar-refractivity contribution in [2.24, 2.45) is 5.73 Å². The predicted molar refractivity (Wildman–Crippen MR) is 128 cm³/mol. The van der Waals surface area contributed by atoms with Crippen molar-refractivity contribution >= 4 is 67.5 Å². The fourth-order valence-electron chi connectivity index (χ4n) is 3.72. The molecule has 1 aromatic carbocycles. The molecule has 5 N–H and O–H groups in total. The number of thiocarbonyl (C=S) groups is 1. The molecule has 4 heterocycles. The molecule has 0 unspecified atom stereocenters. The van der Waals surface area contributed by atoms with Gasteiger partial charge in [0.2, 0.25) is 0 Å². The lowest BCUT2D eigenvalue weighted by molar-refractivity contribution is 0.100. The lowest BCUT2D eigenvalue weighted by Gasteiger charge is -2.19. The van der Waals surface area contributed by atoms with E-state index < -0.39 is 5.91 Å². The number of halogens is 1. The van der Waals surface area contributed by atoms with E-state index in [9.17, 15) is 9.18 Å². The fraction of sp³-hybridized carbons (Fsp3) is 0.0952. The summed E-state index contributed by atoms with van der Waals surface area (Å²) in [5.41, 5.74) is 15.8. The number of anilines is 2. The molecule has 0 fully saturated rings. The minimum absolute atomic E-state index is 0.303. The topological polar surface area (TPSA) is 97.3 Å². The number of fused-ring (bicyclic) bond motifs is 2. The molecule has 10 heteroatoms. The number of hydrogen-bond donors (Lipinski definition) is 3. The maximum atomic E-state index is 13.2. The summed E-state index contributed by atoms with van der Waals surface area (Å²) in [4.78, 5) is 20.7. The third-order valence-electron chi connectivity index (χ3n) is 5.13. The zero-order chi connectivity index (χ0) is 21.7. The van der Waals surface area contributed by atoms with Gasteiger partial charge in [-0.1, -0.05) is 6.07 Å². The lowest BCUT2D eigenvalue weighted by atomic mass is 10.0. The molecule has 0 radical (unpaired) electrons. The van der Waals surface area contributed by atoms with Crippen LogP contribution in [-0.4, -0.2) is 20.9 Å². The number of aromatic nitrogens is 1. The fourth-order valence-corrected chi connectivity index (χ4v) is 5.75. The van der Waals surface area contributed by atoms with Crippen LogP contribution in [0.2, 0.25) is 0 Å². The summed E-state index contributed by atoms with van der Waals surface area (Å²) in [5.74, 6) is -0.855. The van der Waals surface area contributed by atoms with Gasteiger partial charge in [0.1, 0.15) is 15.5 Å². The van der Waals surface area contributed by atoms with Gasteiger partial charge in [-0.15, -0.1) is 22.7 Å². The Bertz CT molecular complexity index is 1330. The van der Waals surface area contributed by atoms with E-state index in [1.54, 1.807) is 23.5 Å². The molecular formula is C21H16FN5OS3. The average molecular weight is 470 g/mol. The first-order valence-corrected chi connectivity index (χ1v) is 11.4. The molecule has 31 heavy (non-hydrogen) atoms. The van der Waals surface area contributed by atoms with Crippen LogP contribution in [0.1, 0.15) is 20.9 Å². The van der Waals surface area contributed by atoms with Gasteiger partial charge in [0.05, 0.1) is 17.9 Å². The predicted octanol–water partition coefficient (Wildman–Crippen LogP) is 4.56. The second kappa shape index (κ2) is 7.56. The van der Waals surface area contributed by atoms with Crippen molar-refractivity contribution in [3.05, 3.63) is 63.7 Å². The average Bonchev–Trinajstić information content (AvgIpc) is 3.47. The van der Waals surface area contributed by atoms with Crippen LogP contribution in [0.4, 0.5) is 15.8 Å². The van der Waals surface area contributed by atoms with E-state index in [-0.39, 0.29) is 5.82 Å². The molecule has 0 atom stereocenters. The third kappa shape index (κ3) is 3.42. The number of nitrogens with two attached hydrogens (primary N) is 2. The molecule has 156 valence electrons. The largest absolute Gasteiger partial charge is 0.397 e. The molecule has 5 rings (SSSR count). The van der Waals surface area contributed by atoms with Crippen LogP contribution in [0.3, 0.4) is 0 Å². The van der Waals surface area contributed by atoms with E-state index in [1.807, 2.05) is 22.4 Å². The van der Waals surface area contributed by atoms with Gasteiger partial charge in [0.15, 0.2) is 5.11 Å². The van der Waals surface area contributed by atoms with Crippen LogP contribution >= 0.6 is 34.9 Å². The van der Waals surface area contributed by atoms with Gasteiger partial charge in [-0.05, 0) is 47.9 Å². The van der Waals surface area contributed by atoms with Gasteiger partial charge >= 0.3 is 0 Å².